The Hall–Kier alpha value is -0.840. The van der Waals surface area contributed by atoms with Gasteiger partial charge in [0.15, 0.2) is 5.78 Å². The molecule has 0 saturated carbocycles. The van der Waals surface area contributed by atoms with Crippen molar-refractivity contribution >= 4 is 18.4 Å². The molecule has 0 N–H and O–H groups in total. The molecule has 98 valence electrons. The van der Waals surface area contributed by atoms with Crippen LogP contribution in [0.2, 0.25) is 0 Å². The molecule has 2 rings (SSSR count). The van der Waals surface area contributed by atoms with Gasteiger partial charge in [-0.25, -0.2) is 0 Å². The number of hydrogen-bond donors (Lipinski definition) is 1. The van der Waals surface area contributed by atoms with Gasteiger partial charge in [0.05, 0.1) is 18.8 Å². The second kappa shape index (κ2) is 5.43. The third kappa shape index (κ3) is 2.76. The highest BCUT2D eigenvalue weighted by Gasteiger charge is 2.35. The van der Waals surface area contributed by atoms with E-state index in [9.17, 15) is 4.79 Å². The van der Waals surface area contributed by atoms with Gasteiger partial charge in [0, 0.05) is 23.5 Å². The van der Waals surface area contributed by atoms with E-state index in [1.165, 1.54) is 0 Å². The summed E-state index contributed by atoms with van der Waals surface area (Å²) in [5, 5.41) is 0. The zero-order chi connectivity index (χ0) is 13.2. The standard InChI is InChI=1S/C14H19NO2S/c1-14(2,15-6-8-17-9-7-15)13(16)11-4-3-5-12(18)10-11/h3-5,10,18H,6-9H2,1-2H3. The van der Waals surface area contributed by atoms with Crippen LogP contribution < -0.4 is 0 Å². The third-order valence-electron chi connectivity index (χ3n) is 3.47. The smallest absolute Gasteiger partial charge is 0.182 e. The van der Waals surface area contributed by atoms with Crippen LogP contribution in [0.15, 0.2) is 29.2 Å². The summed E-state index contributed by atoms with van der Waals surface area (Å²) in [6, 6.07) is 7.42. The van der Waals surface area contributed by atoms with Crippen LogP contribution in [0.1, 0.15) is 24.2 Å². The predicted molar refractivity (Wildman–Crippen MR) is 74.5 cm³/mol. The lowest BCUT2D eigenvalue weighted by Gasteiger charge is -2.39. The van der Waals surface area contributed by atoms with E-state index in [0.29, 0.717) is 13.2 Å². The number of hydrogen-bond acceptors (Lipinski definition) is 4. The average Bonchev–Trinajstić information content (AvgIpc) is 2.39. The minimum Gasteiger partial charge on any atom is -0.379 e. The van der Waals surface area contributed by atoms with Gasteiger partial charge in [0.25, 0.3) is 0 Å². The number of ketones is 1. The molecule has 0 aliphatic carbocycles. The number of ether oxygens (including phenoxy) is 1. The molecule has 1 aromatic carbocycles. The van der Waals surface area contributed by atoms with Gasteiger partial charge in [-0.05, 0) is 26.0 Å². The second-order valence-corrected chi connectivity index (χ2v) is 5.55. The highest BCUT2D eigenvalue weighted by atomic mass is 32.1. The molecule has 3 nitrogen and oxygen atoms in total. The summed E-state index contributed by atoms with van der Waals surface area (Å²) in [5.41, 5.74) is 0.227. The van der Waals surface area contributed by atoms with Crippen LogP contribution in [0.4, 0.5) is 0 Å². The van der Waals surface area contributed by atoms with Crippen molar-refractivity contribution in [2.75, 3.05) is 26.3 Å². The van der Waals surface area contributed by atoms with E-state index >= 15 is 0 Å². The van der Waals surface area contributed by atoms with Gasteiger partial charge in [-0.3, -0.25) is 9.69 Å². The SMILES string of the molecule is CC(C)(C(=O)c1cccc(S)c1)N1CCOCC1. The van der Waals surface area contributed by atoms with Gasteiger partial charge >= 0.3 is 0 Å². The van der Waals surface area contributed by atoms with E-state index in [2.05, 4.69) is 17.5 Å². The molecule has 1 aliphatic rings. The van der Waals surface area contributed by atoms with Crippen LogP contribution in [0.25, 0.3) is 0 Å². The topological polar surface area (TPSA) is 29.5 Å². The van der Waals surface area contributed by atoms with Crippen molar-refractivity contribution in [2.24, 2.45) is 0 Å². The number of carbonyl (C=O) groups excluding carboxylic acids is 1. The molecule has 1 heterocycles. The zero-order valence-corrected chi connectivity index (χ0v) is 11.7. The van der Waals surface area contributed by atoms with Gasteiger partial charge < -0.3 is 4.74 Å². The van der Waals surface area contributed by atoms with E-state index in [1.807, 2.05) is 38.1 Å². The van der Waals surface area contributed by atoms with E-state index in [-0.39, 0.29) is 5.78 Å². The fraction of sp³-hybridized carbons (Fsp3) is 0.500. The molecule has 0 radical (unpaired) electrons. The van der Waals surface area contributed by atoms with Crippen molar-refractivity contribution in [1.82, 2.24) is 4.90 Å². The lowest BCUT2D eigenvalue weighted by Crippen LogP contribution is -2.54. The normalized spacial score (nSPS) is 17.7. The number of rotatable bonds is 3. The Morgan fingerprint density at radius 3 is 2.61 bits per heavy atom. The minimum atomic E-state index is -0.495. The molecular formula is C14H19NO2S. The molecule has 0 atom stereocenters. The predicted octanol–water partition coefficient (Wildman–Crippen LogP) is 2.27. The summed E-state index contributed by atoms with van der Waals surface area (Å²) < 4.78 is 5.33. The van der Waals surface area contributed by atoms with E-state index in [4.69, 9.17) is 4.74 Å². The van der Waals surface area contributed by atoms with E-state index < -0.39 is 5.54 Å². The quantitative estimate of drug-likeness (QED) is 0.671. The maximum Gasteiger partial charge on any atom is 0.182 e. The van der Waals surface area contributed by atoms with Crippen LogP contribution in [0, 0.1) is 0 Å². The van der Waals surface area contributed by atoms with Gasteiger partial charge in [0.2, 0.25) is 0 Å². The average molecular weight is 265 g/mol. The van der Waals surface area contributed by atoms with Crippen LogP contribution in [0.3, 0.4) is 0 Å². The molecule has 0 bridgehead atoms. The van der Waals surface area contributed by atoms with Crippen LogP contribution >= 0.6 is 12.6 Å². The first-order chi connectivity index (χ1) is 8.51. The highest BCUT2D eigenvalue weighted by molar-refractivity contribution is 7.80. The molecule has 0 spiro atoms. The van der Waals surface area contributed by atoms with Gasteiger partial charge in [-0.2, -0.15) is 0 Å². The first-order valence-corrected chi connectivity index (χ1v) is 6.63. The molecule has 4 heteroatoms. The number of morpholine rings is 1. The Balaban J connectivity index is 2.20. The van der Waals surface area contributed by atoms with Crippen molar-refractivity contribution < 1.29 is 9.53 Å². The van der Waals surface area contributed by atoms with Gasteiger partial charge in [0.1, 0.15) is 0 Å². The van der Waals surface area contributed by atoms with Crippen molar-refractivity contribution in [1.29, 1.82) is 0 Å². The lowest BCUT2D eigenvalue weighted by atomic mass is 9.91. The Bertz CT molecular complexity index is 439. The monoisotopic (exact) mass is 265 g/mol. The number of thiol groups is 1. The van der Waals surface area contributed by atoms with Crippen molar-refractivity contribution in [3.05, 3.63) is 29.8 Å². The largest absolute Gasteiger partial charge is 0.379 e. The maximum atomic E-state index is 12.6. The summed E-state index contributed by atoms with van der Waals surface area (Å²) in [4.78, 5) is 15.6. The molecule has 1 aromatic rings. The molecular weight excluding hydrogens is 246 g/mol. The molecule has 0 amide bonds. The Labute approximate surface area is 114 Å². The highest BCUT2D eigenvalue weighted by Crippen LogP contribution is 2.22. The number of Topliss-reactive ketones (excluding diaryl/α,β-unsaturated/α-hetero) is 1. The van der Waals surface area contributed by atoms with E-state index in [1.54, 1.807) is 0 Å². The summed E-state index contributed by atoms with van der Waals surface area (Å²) in [7, 11) is 0. The summed E-state index contributed by atoms with van der Waals surface area (Å²) >= 11 is 4.29. The molecule has 0 aromatic heterocycles. The molecule has 0 unspecified atom stereocenters. The Morgan fingerprint density at radius 1 is 1.33 bits per heavy atom. The molecule has 1 aliphatic heterocycles. The summed E-state index contributed by atoms with van der Waals surface area (Å²) in [6.45, 7) is 6.96. The zero-order valence-electron chi connectivity index (χ0n) is 10.8. The molecule has 18 heavy (non-hydrogen) atoms. The Kier molecular flexibility index (Phi) is 4.10. The fourth-order valence-corrected chi connectivity index (χ4v) is 2.49. The Morgan fingerprint density at radius 2 is 2.00 bits per heavy atom. The van der Waals surface area contributed by atoms with Crippen LogP contribution in [-0.4, -0.2) is 42.5 Å². The van der Waals surface area contributed by atoms with Gasteiger partial charge in [-0.15, -0.1) is 12.6 Å². The third-order valence-corrected chi connectivity index (χ3v) is 3.74. The van der Waals surface area contributed by atoms with Crippen LogP contribution in [-0.2, 0) is 4.74 Å². The van der Waals surface area contributed by atoms with Crippen LogP contribution in [0.5, 0.6) is 0 Å². The number of benzene rings is 1. The summed E-state index contributed by atoms with van der Waals surface area (Å²) in [5.74, 6) is 0.139. The fourth-order valence-electron chi connectivity index (χ4n) is 2.27. The molecule has 1 saturated heterocycles. The van der Waals surface area contributed by atoms with E-state index in [0.717, 1.165) is 23.5 Å². The van der Waals surface area contributed by atoms with Gasteiger partial charge in [-0.1, -0.05) is 12.1 Å². The maximum absolute atomic E-state index is 12.6. The second-order valence-electron chi connectivity index (χ2n) is 5.04. The van der Waals surface area contributed by atoms with Crippen molar-refractivity contribution in [3.8, 4) is 0 Å². The molecule has 1 fully saturated rings. The number of carbonyl (C=O) groups is 1. The minimum absolute atomic E-state index is 0.139. The van der Waals surface area contributed by atoms with Crippen molar-refractivity contribution in [2.45, 2.75) is 24.3 Å². The summed E-state index contributed by atoms with van der Waals surface area (Å²) in [6.07, 6.45) is 0. The first kappa shape index (κ1) is 13.6. The lowest BCUT2D eigenvalue weighted by molar-refractivity contribution is -0.00430. The number of nitrogens with zero attached hydrogens (tertiary/aromatic N) is 1. The first-order valence-electron chi connectivity index (χ1n) is 6.18. The van der Waals surface area contributed by atoms with Crippen molar-refractivity contribution in [3.63, 3.8) is 0 Å².